The molecule has 1 aliphatic rings. The van der Waals surface area contributed by atoms with Crippen LogP contribution < -0.4 is 5.32 Å². The molecule has 0 radical (unpaired) electrons. The number of carboxylic acids is 1. The molecule has 1 saturated carbocycles. The van der Waals surface area contributed by atoms with Gasteiger partial charge in [-0.2, -0.15) is 0 Å². The van der Waals surface area contributed by atoms with Crippen molar-refractivity contribution in [2.24, 2.45) is 11.3 Å². The second-order valence-corrected chi connectivity index (χ2v) is 6.08. The second kappa shape index (κ2) is 5.26. The van der Waals surface area contributed by atoms with E-state index in [1.165, 1.54) is 6.92 Å². The molecule has 104 valence electrons. The lowest BCUT2D eigenvalue weighted by Gasteiger charge is -2.37. The van der Waals surface area contributed by atoms with E-state index < -0.39 is 11.6 Å². The number of hydrogen-bond donors (Lipinski definition) is 3. The fourth-order valence-electron chi connectivity index (χ4n) is 2.44. The van der Waals surface area contributed by atoms with Crippen molar-refractivity contribution in [3.05, 3.63) is 0 Å². The SMILES string of the molecule is CC(O)(CNC(=O)C1CCCCC1(C)C)C(=O)O. The quantitative estimate of drug-likeness (QED) is 0.705. The lowest BCUT2D eigenvalue weighted by Crippen LogP contribution is -2.50. The highest BCUT2D eigenvalue weighted by molar-refractivity contribution is 5.82. The molecule has 1 rings (SSSR count). The lowest BCUT2D eigenvalue weighted by atomic mass is 9.68. The van der Waals surface area contributed by atoms with Crippen molar-refractivity contribution in [1.82, 2.24) is 5.32 Å². The minimum atomic E-state index is -1.91. The average Bonchev–Trinajstić information content (AvgIpc) is 2.25. The summed E-state index contributed by atoms with van der Waals surface area (Å²) in [6.45, 7) is 5.05. The number of carboxylic acid groups (broad SMARTS) is 1. The number of rotatable bonds is 4. The van der Waals surface area contributed by atoms with Crippen LogP contribution in [-0.2, 0) is 9.59 Å². The summed E-state index contributed by atoms with van der Waals surface area (Å²) >= 11 is 0. The van der Waals surface area contributed by atoms with E-state index in [1.807, 2.05) is 0 Å². The lowest BCUT2D eigenvalue weighted by molar-refractivity contribution is -0.156. The third kappa shape index (κ3) is 3.45. The van der Waals surface area contributed by atoms with E-state index in [1.54, 1.807) is 0 Å². The molecule has 0 spiro atoms. The van der Waals surface area contributed by atoms with Gasteiger partial charge in [-0.1, -0.05) is 26.7 Å². The highest BCUT2D eigenvalue weighted by Crippen LogP contribution is 2.40. The van der Waals surface area contributed by atoms with E-state index in [2.05, 4.69) is 19.2 Å². The molecule has 1 fully saturated rings. The number of aliphatic hydroxyl groups is 1. The van der Waals surface area contributed by atoms with Crippen LogP contribution in [0.5, 0.6) is 0 Å². The first-order valence-electron chi connectivity index (χ1n) is 6.40. The number of carbonyl (C=O) groups excluding carboxylic acids is 1. The molecule has 0 aromatic carbocycles. The Bertz CT molecular complexity index is 336. The summed E-state index contributed by atoms with van der Waals surface area (Å²) in [5.74, 6) is -1.58. The van der Waals surface area contributed by atoms with Crippen molar-refractivity contribution in [3.8, 4) is 0 Å². The Hall–Kier alpha value is -1.10. The highest BCUT2D eigenvalue weighted by Gasteiger charge is 2.38. The molecule has 0 saturated heterocycles. The largest absolute Gasteiger partial charge is 0.479 e. The van der Waals surface area contributed by atoms with Gasteiger partial charge in [-0.05, 0) is 25.2 Å². The Balaban J connectivity index is 2.58. The van der Waals surface area contributed by atoms with Crippen molar-refractivity contribution >= 4 is 11.9 Å². The summed E-state index contributed by atoms with van der Waals surface area (Å²) in [5.41, 5.74) is -1.97. The molecule has 0 bridgehead atoms. The Morgan fingerprint density at radius 3 is 2.50 bits per heavy atom. The first-order chi connectivity index (χ1) is 8.17. The molecule has 0 aliphatic heterocycles. The van der Waals surface area contributed by atoms with Crippen molar-refractivity contribution in [2.45, 2.75) is 52.1 Å². The molecule has 0 aromatic rings. The van der Waals surface area contributed by atoms with E-state index in [9.17, 15) is 14.7 Å². The molecular formula is C13H23NO4. The monoisotopic (exact) mass is 257 g/mol. The van der Waals surface area contributed by atoms with Gasteiger partial charge in [0.1, 0.15) is 0 Å². The van der Waals surface area contributed by atoms with Crippen LogP contribution in [0.4, 0.5) is 0 Å². The topological polar surface area (TPSA) is 86.6 Å². The molecule has 18 heavy (non-hydrogen) atoms. The number of amides is 1. The van der Waals surface area contributed by atoms with E-state index in [0.29, 0.717) is 0 Å². The van der Waals surface area contributed by atoms with E-state index in [4.69, 9.17) is 5.11 Å². The number of hydrogen-bond acceptors (Lipinski definition) is 3. The van der Waals surface area contributed by atoms with Gasteiger partial charge in [0.25, 0.3) is 0 Å². The van der Waals surface area contributed by atoms with Crippen molar-refractivity contribution in [3.63, 3.8) is 0 Å². The second-order valence-electron chi connectivity index (χ2n) is 6.08. The van der Waals surface area contributed by atoms with Crippen LogP contribution in [0.25, 0.3) is 0 Å². The molecular weight excluding hydrogens is 234 g/mol. The first-order valence-corrected chi connectivity index (χ1v) is 6.40. The summed E-state index contributed by atoms with van der Waals surface area (Å²) < 4.78 is 0. The van der Waals surface area contributed by atoms with Crippen LogP contribution >= 0.6 is 0 Å². The predicted octanol–water partition coefficient (Wildman–Crippen LogP) is 1.15. The maximum atomic E-state index is 12.1. The van der Waals surface area contributed by atoms with E-state index >= 15 is 0 Å². The summed E-state index contributed by atoms with van der Waals surface area (Å²) in [7, 11) is 0. The zero-order valence-corrected chi connectivity index (χ0v) is 11.3. The average molecular weight is 257 g/mol. The Morgan fingerprint density at radius 2 is 2.00 bits per heavy atom. The minimum absolute atomic E-state index is 0.0581. The number of nitrogens with one attached hydrogen (secondary N) is 1. The zero-order valence-electron chi connectivity index (χ0n) is 11.3. The van der Waals surface area contributed by atoms with Gasteiger partial charge in [0.15, 0.2) is 5.60 Å². The van der Waals surface area contributed by atoms with Crippen LogP contribution in [0.2, 0.25) is 0 Å². The molecule has 1 aliphatic carbocycles. The third-order valence-electron chi connectivity index (χ3n) is 3.89. The van der Waals surface area contributed by atoms with Crippen molar-refractivity contribution < 1.29 is 19.8 Å². The molecule has 5 nitrogen and oxygen atoms in total. The summed E-state index contributed by atoms with van der Waals surface area (Å²) in [5, 5.41) is 20.9. The van der Waals surface area contributed by atoms with E-state index in [-0.39, 0.29) is 23.8 Å². The fourth-order valence-corrected chi connectivity index (χ4v) is 2.44. The van der Waals surface area contributed by atoms with Crippen LogP contribution in [0.15, 0.2) is 0 Å². The van der Waals surface area contributed by atoms with Crippen LogP contribution in [0.1, 0.15) is 46.5 Å². The van der Waals surface area contributed by atoms with Crippen LogP contribution in [0, 0.1) is 11.3 Å². The summed E-state index contributed by atoms with van der Waals surface area (Å²) in [6, 6.07) is 0. The van der Waals surface area contributed by atoms with Gasteiger partial charge in [-0.3, -0.25) is 4.79 Å². The summed E-state index contributed by atoms with van der Waals surface area (Å²) in [4.78, 5) is 22.8. The normalized spacial score (nSPS) is 26.1. The molecule has 5 heteroatoms. The molecule has 2 atom stereocenters. The minimum Gasteiger partial charge on any atom is -0.479 e. The Kier molecular flexibility index (Phi) is 4.37. The van der Waals surface area contributed by atoms with Gasteiger partial charge in [0.05, 0.1) is 6.54 Å². The zero-order chi connectivity index (χ0) is 14.0. The van der Waals surface area contributed by atoms with E-state index in [0.717, 1.165) is 25.7 Å². The third-order valence-corrected chi connectivity index (χ3v) is 3.89. The number of carbonyl (C=O) groups is 2. The highest BCUT2D eigenvalue weighted by atomic mass is 16.4. The predicted molar refractivity (Wildman–Crippen MR) is 67.0 cm³/mol. The Labute approximate surface area is 108 Å². The van der Waals surface area contributed by atoms with Crippen LogP contribution in [-0.4, -0.2) is 34.2 Å². The Morgan fingerprint density at radius 1 is 1.39 bits per heavy atom. The molecule has 2 unspecified atom stereocenters. The smallest absolute Gasteiger partial charge is 0.337 e. The molecule has 3 N–H and O–H groups in total. The van der Waals surface area contributed by atoms with Gasteiger partial charge < -0.3 is 15.5 Å². The van der Waals surface area contributed by atoms with Gasteiger partial charge in [0, 0.05) is 5.92 Å². The maximum Gasteiger partial charge on any atom is 0.337 e. The van der Waals surface area contributed by atoms with Gasteiger partial charge in [-0.25, -0.2) is 4.79 Å². The number of aliphatic carboxylic acids is 1. The van der Waals surface area contributed by atoms with Gasteiger partial charge in [0.2, 0.25) is 5.91 Å². The van der Waals surface area contributed by atoms with Gasteiger partial charge in [-0.15, -0.1) is 0 Å². The molecule has 0 aromatic heterocycles. The summed E-state index contributed by atoms with van der Waals surface area (Å²) in [6.07, 6.45) is 3.98. The standard InChI is InChI=1S/C13H23NO4/c1-12(2)7-5-4-6-9(12)10(15)14-8-13(3,18)11(16)17/h9,18H,4-8H2,1-3H3,(H,14,15)(H,16,17). The molecule has 0 heterocycles. The van der Waals surface area contributed by atoms with Crippen LogP contribution in [0.3, 0.4) is 0 Å². The van der Waals surface area contributed by atoms with Crippen molar-refractivity contribution in [1.29, 1.82) is 0 Å². The van der Waals surface area contributed by atoms with Gasteiger partial charge >= 0.3 is 5.97 Å². The first kappa shape index (κ1) is 15.0. The maximum absolute atomic E-state index is 12.1. The molecule has 1 amide bonds. The fraction of sp³-hybridized carbons (Fsp3) is 0.846. The van der Waals surface area contributed by atoms with Crippen molar-refractivity contribution in [2.75, 3.05) is 6.54 Å².